The van der Waals surface area contributed by atoms with Gasteiger partial charge in [-0.25, -0.2) is 9.18 Å². The van der Waals surface area contributed by atoms with Crippen LogP contribution >= 0.6 is 0 Å². The number of benzene rings is 2. The van der Waals surface area contributed by atoms with Crippen molar-refractivity contribution in [1.82, 2.24) is 10.2 Å². The number of nitrogens with zero attached hydrogens (tertiary/aromatic N) is 4. The molecule has 1 N–H and O–H groups in total. The van der Waals surface area contributed by atoms with Gasteiger partial charge in [0, 0.05) is 68.7 Å². The molecule has 2 aromatic carbocycles. The number of nitrogens with one attached hydrogen (secondary N) is 1. The maximum absolute atomic E-state index is 12.1. The van der Waals surface area contributed by atoms with Crippen molar-refractivity contribution >= 4 is 23.2 Å². The third-order valence-corrected chi connectivity index (χ3v) is 6.24. The second kappa shape index (κ2) is 15.1. The number of piperazine rings is 1. The first-order chi connectivity index (χ1) is 18.8. The fourth-order valence-electron chi connectivity index (χ4n) is 4.23. The highest BCUT2D eigenvalue weighted by Gasteiger charge is 2.25. The highest BCUT2D eigenvalue weighted by atomic mass is 19.1. The number of carbonyl (C=O) groups excluding carboxylic acids is 1. The molecule has 2 aliphatic rings. The second-order valence-electron chi connectivity index (χ2n) is 10.9. The Hall–Kier alpha value is -3.80. The van der Waals surface area contributed by atoms with Gasteiger partial charge in [-0.3, -0.25) is 20.2 Å². The van der Waals surface area contributed by atoms with Crippen LogP contribution in [0.15, 0.2) is 48.5 Å². The quantitative estimate of drug-likeness (QED) is 0.369. The second-order valence-corrected chi connectivity index (χ2v) is 10.9. The molecule has 0 spiro atoms. The molecule has 220 valence electrons. The molecular weight excluding hydrogens is 521 g/mol. The lowest BCUT2D eigenvalue weighted by atomic mass is 10.0. The number of amides is 1. The van der Waals surface area contributed by atoms with E-state index in [2.05, 4.69) is 24.1 Å². The molecule has 2 atom stereocenters. The number of hydrogen-bond acceptors (Lipinski definition) is 8. The first-order valence-electron chi connectivity index (χ1n) is 13.4. The van der Waals surface area contributed by atoms with Gasteiger partial charge in [0.05, 0.1) is 9.85 Å². The Morgan fingerprint density at radius 3 is 2.00 bits per heavy atom. The number of nitro benzene ring substituents is 2. The first kappa shape index (κ1) is 32.4. The van der Waals surface area contributed by atoms with E-state index in [9.17, 15) is 29.4 Å². The van der Waals surface area contributed by atoms with Crippen LogP contribution in [-0.4, -0.2) is 65.2 Å². The number of hydrogen-bond donors (Lipinski definition) is 1. The number of carbonyl (C=O) groups is 1. The lowest BCUT2D eigenvalue weighted by molar-refractivity contribution is -0.385. The summed E-state index contributed by atoms with van der Waals surface area (Å²) < 4.78 is 17.4. The fourth-order valence-corrected chi connectivity index (χ4v) is 4.23. The standard InChI is InChI=1S/C11H15N3O2.C11H21NO2.C6H4FNO2/c1-9-8-12-6-7-13(9)10-2-4-11(5-3-10)14(15)16;1-9-6-5-7-12(8-9)10(13)14-11(2,3)4;7-5-1-3-6(4-2-5)8(9)10/h2-5,9,12H,6-8H2,1H3;9H,5-8H2,1-4H3;1-4H/t2*9-;/m10./s1. The highest BCUT2D eigenvalue weighted by Crippen LogP contribution is 2.22. The normalized spacial score (nSPS) is 18.9. The summed E-state index contributed by atoms with van der Waals surface area (Å²) in [4.78, 5) is 35.3. The highest BCUT2D eigenvalue weighted by molar-refractivity contribution is 5.68. The molecule has 2 fully saturated rings. The third kappa shape index (κ3) is 11.1. The molecule has 0 radical (unpaired) electrons. The Morgan fingerprint density at radius 2 is 1.52 bits per heavy atom. The maximum Gasteiger partial charge on any atom is 0.410 e. The van der Waals surface area contributed by atoms with E-state index in [0.29, 0.717) is 12.0 Å². The third-order valence-electron chi connectivity index (χ3n) is 6.24. The van der Waals surface area contributed by atoms with Gasteiger partial charge in [0.1, 0.15) is 11.4 Å². The number of halogens is 1. The SMILES string of the molecule is C[C@@H]1CNCCN1c1ccc([N+](=O)[O-])cc1.C[C@H]1CCCN(C(=O)OC(C)(C)C)C1.O=[N+]([O-])c1ccc(F)cc1. The van der Waals surface area contributed by atoms with E-state index in [1.165, 1.54) is 6.42 Å². The zero-order valence-electron chi connectivity index (χ0n) is 23.8. The molecule has 0 unspecified atom stereocenters. The van der Waals surface area contributed by atoms with E-state index in [4.69, 9.17) is 4.74 Å². The molecular formula is C28H40FN5O6. The van der Waals surface area contributed by atoms with Crippen molar-refractivity contribution in [1.29, 1.82) is 0 Å². The predicted octanol–water partition coefficient (Wildman–Crippen LogP) is 5.78. The monoisotopic (exact) mass is 561 g/mol. The van der Waals surface area contributed by atoms with Gasteiger partial charge in [-0.1, -0.05) is 6.92 Å². The molecule has 0 aromatic heterocycles. The summed E-state index contributed by atoms with van der Waals surface area (Å²) in [5, 5.41) is 23.8. The maximum atomic E-state index is 12.1. The van der Waals surface area contributed by atoms with Gasteiger partial charge < -0.3 is 19.9 Å². The lowest BCUT2D eigenvalue weighted by Gasteiger charge is -2.35. The topological polar surface area (TPSA) is 131 Å². The first-order valence-corrected chi connectivity index (χ1v) is 13.4. The van der Waals surface area contributed by atoms with Gasteiger partial charge in [-0.15, -0.1) is 0 Å². The van der Waals surface area contributed by atoms with Gasteiger partial charge in [0.15, 0.2) is 0 Å². The predicted molar refractivity (Wildman–Crippen MR) is 152 cm³/mol. The molecule has 40 heavy (non-hydrogen) atoms. The summed E-state index contributed by atoms with van der Waals surface area (Å²) in [6.45, 7) is 14.6. The summed E-state index contributed by atoms with van der Waals surface area (Å²) in [5.41, 5.74) is 0.727. The van der Waals surface area contributed by atoms with E-state index in [0.717, 1.165) is 69.1 Å². The van der Waals surface area contributed by atoms with Crippen LogP contribution in [0.5, 0.6) is 0 Å². The van der Waals surface area contributed by atoms with Gasteiger partial charge in [0.2, 0.25) is 0 Å². The molecule has 11 nitrogen and oxygen atoms in total. The van der Waals surface area contributed by atoms with Crippen molar-refractivity contribution in [2.24, 2.45) is 5.92 Å². The van der Waals surface area contributed by atoms with Crippen LogP contribution in [0.3, 0.4) is 0 Å². The molecule has 0 bridgehead atoms. The fraction of sp³-hybridized carbons (Fsp3) is 0.536. The average Bonchev–Trinajstić information content (AvgIpc) is 2.89. The molecule has 2 aliphatic heterocycles. The van der Waals surface area contributed by atoms with Crippen molar-refractivity contribution in [2.45, 2.75) is 59.1 Å². The minimum atomic E-state index is -0.570. The Labute approximate surface area is 234 Å². The summed E-state index contributed by atoms with van der Waals surface area (Å²) in [6.07, 6.45) is 2.16. The summed E-state index contributed by atoms with van der Waals surface area (Å²) >= 11 is 0. The van der Waals surface area contributed by atoms with Crippen LogP contribution in [0.25, 0.3) is 0 Å². The molecule has 0 saturated carbocycles. The van der Waals surface area contributed by atoms with Gasteiger partial charge in [0.25, 0.3) is 11.4 Å². The van der Waals surface area contributed by atoms with Gasteiger partial charge >= 0.3 is 6.09 Å². The largest absolute Gasteiger partial charge is 0.444 e. The van der Waals surface area contributed by atoms with Crippen molar-refractivity contribution in [3.63, 3.8) is 0 Å². The van der Waals surface area contributed by atoms with E-state index in [1.807, 2.05) is 37.8 Å². The van der Waals surface area contributed by atoms with Crippen LogP contribution in [0.4, 0.5) is 26.2 Å². The van der Waals surface area contributed by atoms with Crippen molar-refractivity contribution in [3.8, 4) is 0 Å². The zero-order chi connectivity index (χ0) is 29.9. The van der Waals surface area contributed by atoms with Crippen LogP contribution in [-0.2, 0) is 4.74 Å². The minimum absolute atomic E-state index is 0.0959. The van der Waals surface area contributed by atoms with E-state index >= 15 is 0 Å². The van der Waals surface area contributed by atoms with Crippen LogP contribution < -0.4 is 10.2 Å². The number of piperidine rings is 1. The number of anilines is 1. The Balaban J connectivity index is 0.000000216. The molecule has 0 aliphatic carbocycles. The molecule has 12 heteroatoms. The van der Waals surface area contributed by atoms with E-state index in [1.54, 1.807) is 12.1 Å². The van der Waals surface area contributed by atoms with Gasteiger partial charge in [-0.2, -0.15) is 0 Å². The number of ether oxygens (including phenoxy) is 1. The summed E-state index contributed by atoms with van der Waals surface area (Å²) in [5.74, 6) is 0.141. The van der Waals surface area contributed by atoms with Crippen LogP contribution in [0.1, 0.15) is 47.5 Å². The average molecular weight is 562 g/mol. The number of nitro groups is 2. The summed E-state index contributed by atoms with van der Waals surface area (Å²) in [7, 11) is 0. The van der Waals surface area contributed by atoms with E-state index in [-0.39, 0.29) is 28.0 Å². The zero-order valence-corrected chi connectivity index (χ0v) is 23.8. The molecule has 2 saturated heterocycles. The van der Waals surface area contributed by atoms with Crippen molar-refractivity contribution in [2.75, 3.05) is 37.6 Å². The van der Waals surface area contributed by atoms with Crippen molar-refractivity contribution in [3.05, 3.63) is 74.6 Å². The Morgan fingerprint density at radius 1 is 0.975 bits per heavy atom. The summed E-state index contributed by atoms with van der Waals surface area (Å²) in [6, 6.07) is 11.5. The van der Waals surface area contributed by atoms with Crippen LogP contribution in [0.2, 0.25) is 0 Å². The lowest BCUT2D eigenvalue weighted by Crippen LogP contribution is -2.49. The van der Waals surface area contributed by atoms with Gasteiger partial charge in [-0.05, 0) is 70.7 Å². The molecule has 1 amide bonds. The van der Waals surface area contributed by atoms with E-state index < -0.39 is 10.7 Å². The number of rotatable bonds is 3. The van der Waals surface area contributed by atoms with Crippen LogP contribution in [0, 0.1) is 32.0 Å². The molecule has 2 heterocycles. The minimum Gasteiger partial charge on any atom is -0.444 e. The Kier molecular flexibility index (Phi) is 12.2. The molecule has 4 rings (SSSR count). The smallest absolute Gasteiger partial charge is 0.410 e. The number of non-ortho nitro benzene ring substituents is 2. The Bertz CT molecular complexity index is 1110. The molecule has 2 aromatic rings. The van der Waals surface area contributed by atoms with Crippen molar-refractivity contribution < 1.29 is 23.8 Å². The number of likely N-dealkylation sites (tertiary alicyclic amines) is 1.